The summed E-state index contributed by atoms with van der Waals surface area (Å²) in [6, 6.07) is 0.719. The standard InChI is InChI=1S/C19H34N2O2/c1-3-8-19(23,9-4-2)11-18(22)21-13-15-12-20-10-6-5-7-17(20)16(15)14-21/h15-17,23H,3-14H2,1-2H3/t15-,16-,17+/m0/s1. The second kappa shape index (κ2) is 7.10. The number of carbonyl (C=O) groups excluding carboxylic acids is 1. The van der Waals surface area contributed by atoms with E-state index in [1.807, 2.05) is 0 Å². The molecule has 23 heavy (non-hydrogen) atoms. The minimum absolute atomic E-state index is 0.186. The van der Waals surface area contributed by atoms with Crippen LogP contribution in [-0.2, 0) is 4.79 Å². The Labute approximate surface area is 141 Å². The molecule has 4 heteroatoms. The van der Waals surface area contributed by atoms with Crippen molar-refractivity contribution >= 4 is 5.91 Å². The van der Waals surface area contributed by atoms with Crippen LogP contribution in [0.4, 0.5) is 0 Å². The fourth-order valence-corrected chi connectivity index (χ4v) is 5.38. The van der Waals surface area contributed by atoms with E-state index < -0.39 is 5.60 Å². The van der Waals surface area contributed by atoms with Crippen molar-refractivity contribution in [2.45, 2.75) is 76.9 Å². The van der Waals surface area contributed by atoms with Gasteiger partial charge in [0.2, 0.25) is 5.91 Å². The Bertz CT molecular complexity index is 420. The first-order valence-corrected chi connectivity index (χ1v) is 9.80. The highest BCUT2D eigenvalue weighted by Gasteiger charge is 2.48. The molecule has 0 bridgehead atoms. The molecule has 4 nitrogen and oxygen atoms in total. The lowest BCUT2D eigenvalue weighted by molar-refractivity contribution is -0.136. The summed E-state index contributed by atoms with van der Waals surface area (Å²) in [4.78, 5) is 17.5. The molecule has 0 aromatic heterocycles. The van der Waals surface area contributed by atoms with Crippen LogP contribution >= 0.6 is 0 Å². The van der Waals surface area contributed by atoms with Gasteiger partial charge in [0.25, 0.3) is 0 Å². The van der Waals surface area contributed by atoms with Crippen LogP contribution in [0.25, 0.3) is 0 Å². The summed E-state index contributed by atoms with van der Waals surface area (Å²) >= 11 is 0. The Balaban J connectivity index is 1.58. The van der Waals surface area contributed by atoms with Crippen LogP contribution in [0.1, 0.15) is 65.2 Å². The van der Waals surface area contributed by atoms with Gasteiger partial charge in [-0.1, -0.05) is 33.1 Å². The normalized spacial score (nSPS) is 31.3. The smallest absolute Gasteiger partial charge is 0.225 e. The van der Waals surface area contributed by atoms with Gasteiger partial charge >= 0.3 is 0 Å². The Morgan fingerprint density at radius 2 is 1.87 bits per heavy atom. The summed E-state index contributed by atoms with van der Waals surface area (Å²) in [5.74, 6) is 1.54. The van der Waals surface area contributed by atoms with Gasteiger partial charge in [0.1, 0.15) is 0 Å². The first kappa shape index (κ1) is 17.2. The lowest BCUT2D eigenvalue weighted by Crippen LogP contribution is -2.43. The van der Waals surface area contributed by atoms with Crippen molar-refractivity contribution in [2.24, 2.45) is 11.8 Å². The number of aliphatic hydroxyl groups is 1. The minimum atomic E-state index is -0.783. The molecule has 1 amide bonds. The number of hydrogen-bond donors (Lipinski definition) is 1. The fraction of sp³-hybridized carbons (Fsp3) is 0.947. The summed E-state index contributed by atoms with van der Waals surface area (Å²) in [5, 5.41) is 10.8. The molecular weight excluding hydrogens is 288 g/mol. The molecule has 0 saturated carbocycles. The number of fused-ring (bicyclic) bond motifs is 3. The van der Waals surface area contributed by atoms with E-state index in [-0.39, 0.29) is 5.91 Å². The summed E-state index contributed by atoms with van der Waals surface area (Å²) in [6.07, 6.45) is 7.69. The highest BCUT2D eigenvalue weighted by molar-refractivity contribution is 5.77. The predicted octanol–water partition coefficient (Wildman–Crippen LogP) is 2.65. The third-order valence-corrected chi connectivity index (χ3v) is 6.38. The van der Waals surface area contributed by atoms with Crippen molar-refractivity contribution in [1.82, 2.24) is 9.80 Å². The van der Waals surface area contributed by atoms with E-state index in [0.29, 0.717) is 18.3 Å². The molecule has 3 heterocycles. The van der Waals surface area contributed by atoms with Crippen molar-refractivity contribution in [3.63, 3.8) is 0 Å². The Morgan fingerprint density at radius 1 is 1.13 bits per heavy atom. The van der Waals surface area contributed by atoms with E-state index in [2.05, 4.69) is 23.6 Å². The zero-order valence-corrected chi connectivity index (χ0v) is 15.0. The second-order valence-corrected chi connectivity index (χ2v) is 8.18. The Morgan fingerprint density at radius 3 is 2.57 bits per heavy atom. The van der Waals surface area contributed by atoms with Gasteiger partial charge in [0.05, 0.1) is 12.0 Å². The average molecular weight is 322 g/mol. The summed E-state index contributed by atoms with van der Waals surface area (Å²) < 4.78 is 0. The zero-order chi connectivity index (χ0) is 16.4. The molecule has 3 atom stereocenters. The van der Waals surface area contributed by atoms with Crippen LogP contribution in [0.3, 0.4) is 0 Å². The number of likely N-dealkylation sites (tertiary alicyclic amines) is 1. The van der Waals surface area contributed by atoms with Crippen LogP contribution in [0.15, 0.2) is 0 Å². The van der Waals surface area contributed by atoms with Crippen molar-refractivity contribution in [3.8, 4) is 0 Å². The molecule has 3 rings (SSSR count). The van der Waals surface area contributed by atoms with Crippen LogP contribution in [0, 0.1) is 11.8 Å². The highest BCUT2D eigenvalue weighted by atomic mass is 16.3. The Hall–Kier alpha value is -0.610. The molecule has 1 N–H and O–H groups in total. The first-order chi connectivity index (χ1) is 11.1. The highest BCUT2D eigenvalue weighted by Crippen LogP contribution is 2.40. The predicted molar refractivity (Wildman–Crippen MR) is 92.2 cm³/mol. The first-order valence-electron chi connectivity index (χ1n) is 9.80. The number of piperidine rings is 1. The lowest BCUT2D eigenvalue weighted by Gasteiger charge is -2.34. The largest absolute Gasteiger partial charge is 0.389 e. The van der Waals surface area contributed by atoms with Crippen molar-refractivity contribution in [2.75, 3.05) is 26.2 Å². The molecule has 3 saturated heterocycles. The lowest BCUT2D eigenvalue weighted by atomic mass is 9.88. The molecule has 0 unspecified atom stereocenters. The zero-order valence-electron chi connectivity index (χ0n) is 15.0. The number of hydrogen-bond acceptors (Lipinski definition) is 3. The molecule has 0 aliphatic carbocycles. The van der Waals surface area contributed by atoms with Gasteiger partial charge in [-0.2, -0.15) is 0 Å². The summed E-state index contributed by atoms with van der Waals surface area (Å²) in [5.41, 5.74) is -0.783. The third kappa shape index (κ3) is 3.58. The van der Waals surface area contributed by atoms with E-state index >= 15 is 0 Å². The molecule has 0 aromatic rings. The van der Waals surface area contributed by atoms with E-state index in [1.165, 1.54) is 32.4 Å². The van der Waals surface area contributed by atoms with E-state index in [4.69, 9.17) is 0 Å². The summed E-state index contributed by atoms with van der Waals surface area (Å²) in [6.45, 7) is 8.47. The molecule has 0 aromatic carbocycles. The fourth-order valence-electron chi connectivity index (χ4n) is 5.38. The SMILES string of the molecule is CCCC(O)(CCC)CC(=O)N1C[C@@H]2CN3CCCC[C@@H]3[C@H]2C1. The van der Waals surface area contributed by atoms with Crippen molar-refractivity contribution in [3.05, 3.63) is 0 Å². The van der Waals surface area contributed by atoms with Gasteiger partial charge in [0, 0.05) is 25.7 Å². The molecule has 3 aliphatic heterocycles. The number of amides is 1. The quantitative estimate of drug-likeness (QED) is 0.817. The van der Waals surface area contributed by atoms with E-state index in [1.54, 1.807) is 0 Å². The molecule has 3 aliphatic rings. The maximum Gasteiger partial charge on any atom is 0.225 e. The molecule has 0 spiro atoms. The third-order valence-electron chi connectivity index (χ3n) is 6.38. The minimum Gasteiger partial charge on any atom is -0.389 e. The molecular formula is C19H34N2O2. The average Bonchev–Trinajstić information content (AvgIpc) is 3.05. The van der Waals surface area contributed by atoms with Gasteiger partial charge in [-0.25, -0.2) is 0 Å². The number of carbonyl (C=O) groups is 1. The van der Waals surface area contributed by atoms with Crippen molar-refractivity contribution in [1.29, 1.82) is 0 Å². The van der Waals surface area contributed by atoms with Gasteiger partial charge in [-0.15, -0.1) is 0 Å². The molecule has 3 fully saturated rings. The van der Waals surface area contributed by atoms with Crippen LogP contribution < -0.4 is 0 Å². The van der Waals surface area contributed by atoms with Gasteiger partial charge in [0.15, 0.2) is 0 Å². The molecule has 0 radical (unpaired) electrons. The Kier molecular flexibility index (Phi) is 5.32. The van der Waals surface area contributed by atoms with E-state index in [0.717, 1.165) is 44.8 Å². The molecule has 132 valence electrons. The van der Waals surface area contributed by atoms with Gasteiger partial charge < -0.3 is 10.0 Å². The summed E-state index contributed by atoms with van der Waals surface area (Å²) in [7, 11) is 0. The maximum absolute atomic E-state index is 12.8. The van der Waals surface area contributed by atoms with Gasteiger partial charge in [-0.05, 0) is 44.1 Å². The topological polar surface area (TPSA) is 43.8 Å². The van der Waals surface area contributed by atoms with Crippen LogP contribution in [-0.4, -0.2) is 58.6 Å². The van der Waals surface area contributed by atoms with Crippen LogP contribution in [0.5, 0.6) is 0 Å². The monoisotopic (exact) mass is 322 g/mol. The number of nitrogens with zero attached hydrogens (tertiary/aromatic N) is 2. The van der Waals surface area contributed by atoms with E-state index in [9.17, 15) is 9.90 Å². The van der Waals surface area contributed by atoms with Crippen LogP contribution in [0.2, 0.25) is 0 Å². The number of rotatable bonds is 6. The second-order valence-electron chi connectivity index (χ2n) is 8.18. The maximum atomic E-state index is 12.8. The van der Waals surface area contributed by atoms with Gasteiger partial charge in [-0.3, -0.25) is 9.69 Å². The van der Waals surface area contributed by atoms with Crippen molar-refractivity contribution < 1.29 is 9.90 Å².